The lowest BCUT2D eigenvalue weighted by Gasteiger charge is -2.19. The lowest BCUT2D eigenvalue weighted by molar-refractivity contribution is -0.120. The predicted molar refractivity (Wildman–Crippen MR) is 99.0 cm³/mol. The van der Waals surface area contributed by atoms with Crippen LogP contribution in [0.15, 0.2) is 47.4 Å². The monoisotopic (exact) mass is 327 g/mol. The van der Waals surface area contributed by atoms with E-state index in [-0.39, 0.29) is 17.2 Å². The molecule has 2 aromatic carbocycles. The maximum absolute atomic E-state index is 12.4. The molecule has 2 rings (SSSR count). The minimum atomic E-state index is -0.120. The zero-order valence-corrected chi connectivity index (χ0v) is 15.3. The van der Waals surface area contributed by atoms with Crippen molar-refractivity contribution in [2.24, 2.45) is 0 Å². The van der Waals surface area contributed by atoms with Crippen LogP contribution in [-0.4, -0.2) is 11.2 Å². The topological polar surface area (TPSA) is 29.1 Å². The lowest BCUT2D eigenvalue weighted by Crippen LogP contribution is -2.33. The largest absolute Gasteiger partial charge is 0.349 e. The van der Waals surface area contributed by atoms with Crippen LogP contribution in [0.4, 0.5) is 0 Å². The Balaban J connectivity index is 1.98. The zero-order chi connectivity index (χ0) is 17.0. The third-order valence-corrected chi connectivity index (χ3v) is 5.07. The summed E-state index contributed by atoms with van der Waals surface area (Å²) in [5.41, 5.74) is 4.87. The first kappa shape index (κ1) is 17.6. The first-order valence-electron chi connectivity index (χ1n) is 7.97. The quantitative estimate of drug-likeness (QED) is 0.786. The Morgan fingerprint density at radius 2 is 1.57 bits per heavy atom. The van der Waals surface area contributed by atoms with Crippen LogP contribution in [0.25, 0.3) is 0 Å². The van der Waals surface area contributed by atoms with Gasteiger partial charge < -0.3 is 5.32 Å². The van der Waals surface area contributed by atoms with Crippen molar-refractivity contribution in [2.45, 2.75) is 50.8 Å². The van der Waals surface area contributed by atoms with Gasteiger partial charge in [-0.2, -0.15) is 0 Å². The third kappa shape index (κ3) is 4.87. The Labute approximate surface area is 143 Å². The second-order valence-electron chi connectivity index (χ2n) is 6.16. The van der Waals surface area contributed by atoms with Gasteiger partial charge in [0.25, 0.3) is 0 Å². The maximum Gasteiger partial charge on any atom is 0.233 e. The molecule has 0 unspecified atom stereocenters. The number of carbonyl (C=O) groups is 1. The van der Waals surface area contributed by atoms with E-state index in [1.165, 1.54) is 22.3 Å². The van der Waals surface area contributed by atoms with E-state index >= 15 is 0 Å². The van der Waals surface area contributed by atoms with E-state index < -0.39 is 0 Å². The van der Waals surface area contributed by atoms with Gasteiger partial charge in [0.2, 0.25) is 5.91 Å². The molecule has 2 aromatic rings. The molecule has 2 atom stereocenters. The number of hydrogen-bond donors (Lipinski definition) is 1. The fraction of sp³-hybridized carbons (Fsp3) is 0.350. The van der Waals surface area contributed by atoms with E-state index in [1.807, 2.05) is 13.8 Å². The summed E-state index contributed by atoms with van der Waals surface area (Å²) in [4.78, 5) is 13.6. The molecule has 0 spiro atoms. The summed E-state index contributed by atoms with van der Waals surface area (Å²) in [5.74, 6) is 0.0723. The molecule has 1 N–H and O–H groups in total. The Morgan fingerprint density at radius 3 is 2.17 bits per heavy atom. The van der Waals surface area contributed by atoms with Gasteiger partial charge in [0.15, 0.2) is 0 Å². The predicted octanol–water partition coefficient (Wildman–Crippen LogP) is 4.97. The summed E-state index contributed by atoms with van der Waals surface area (Å²) in [6, 6.07) is 14.7. The van der Waals surface area contributed by atoms with Gasteiger partial charge in [-0.3, -0.25) is 4.79 Å². The molecule has 0 aromatic heterocycles. The van der Waals surface area contributed by atoms with Crippen LogP contribution in [0.1, 0.15) is 42.1 Å². The van der Waals surface area contributed by atoms with Gasteiger partial charge >= 0.3 is 0 Å². The standard InChI is InChI=1S/C20H25NOS/c1-13-6-9-18(10-7-13)23-17(5)20(22)21-16(4)19-11-8-14(2)12-15(19)3/h6-12,16-17H,1-5H3,(H,21,22)/t16-,17-/m1/s1. The Hall–Kier alpha value is -1.74. The van der Waals surface area contributed by atoms with Gasteiger partial charge in [0, 0.05) is 4.90 Å². The van der Waals surface area contributed by atoms with Crippen molar-refractivity contribution in [1.82, 2.24) is 5.32 Å². The number of carbonyl (C=O) groups excluding carboxylic acids is 1. The number of thioether (sulfide) groups is 1. The summed E-state index contributed by atoms with van der Waals surface area (Å²) < 4.78 is 0. The summed E-state index contributed by atoms with van der Waals surface area (Å²) in [7, 11) is 0. The molecule has 0 aliphatic rings. The fourth-order valence-electron chi connectivity index (χ4n) is 2.59. The van der Waals surface area contributed by atoms with E-state index in [0.717, 1.165) is 4.90 Å². The maximum atomic E-state index is 12.4. The Kier molecular flexibility index (Phi) is 5.89. The first-order valence-corrected chi connectivity index (χ1v) is 8.85. The average Bonchev–Trinajstić information content (AvgIpc) is 2.49. The van der Waals surface area contributed by atoms with Crippen LogP contribution in [0.2, 0.25) is 0 Å². The highest BCUT2D eigenvalue weighted by Gasteiger charge is 2.18. The van der Waals surface area contributed by atoms with Gasteiger partial charge in [0.1, 0.15) is 0 Å². The summed E-state index contributed by atoms with van der Waals surface area (Å²) in [6.45, 7) is 10.2. The summed E-state index contributed by atoms with van der Waals surface area (Å²) in [5, 5.41) is 3.01. The van der Waals surface area contributed by atoms with E-state index in [4.69, 9.17) is 0 Å². The summed E-state index contributed by atoms with van der Waals surface area (Å²) in [6.07, 6.45) is 0. The minimum absolute atomic E-state index is 0.0177. The van der Waals surface area contributed by atoms with Gasteiger partial charge in [-0.25, -0.2) is 0 Å². The van der Waals surface area contributed by atoms with E-state index in [0.29, 0.717) is 0 Å². The van der Waals surface area contributed by atoms with Crippen molar-refractivity contribution in [2.75, 3.05) is 0 Å². The Bertz CT molecular complexity index is 679. The van der Waals surface area contributed by atoms with Crippen LogP contribution < -0.4 is 5.32 Å². The van der Waals surface area contributed by atoms with Crippen molar-refractivity contribution in [3.63, 3.8) is 0 Å². The van der Waals surface area contributed by atoms with Gasteiger partial charge in [-0.15, -0.1) is 11.8 Å². The highest BCUT2D eigenvalue weighted by molar-refractivity contribution is 8.00. The second-order valence-corrected chi connectivity index (χ2v) is 7.58. The van der Waals surface area contributed by atoms with Crippen LogP contribution in [0.5, 0.6) is 0 Å². The van der Waals surface area contributed by atoms with E-state index in [1.54, 1.807) is 11.8 Å². The molecule has 1 amide bonds. The van der Waals surface area contributed by atoms with Gasteiger partial charge in [0.05, 0.1) is 11.3 Å². The number of benzene rings is 2. The van der Waals surface area contributed by atoms with Crippen molar-refractivity contribution in [3.8, 4) is 0 Å². The van der Waals surface area contributed by atoms with Crippen molar-refractivity contribution in [1.29, 1.82) is 0 Å². The highest BCUT2D eigenvalue weighted by Crippen LogP contribution is 2.25. The first-order chi connectivity index (χ1) is 10.9. The zero-order valence-electron chi connectivity index (χ0n) is 14.5. The molecule has 0 radical (unpaired) electrons. The number of nitrogens with one attached hydrogen (secondary N) is 1. The lowest BCUT2D eigenvalue weighted by atomic mass is 10.0. The molecule has 3 heteroatoms. The molecule has 2 nitrogen and oxygen atoms in total. The normalized spacial score (nSPS) is 13.4. The molecule has 0 bridgehead atoms. The second kappa shape index (κ2) is 7.69. The average molecular weight is 327 g/mol. The van der Waals surface area contributed by atoms with Crippen molar-refractivity contribution >= 4 is 17.7 Å². The molecule has 0 fully saturated rings. The van der Waals surface area contributed by atoms with Gasteiger partial charge in [-0.1, -0.05) is 41.5 Å². The summed E-state index contributed by atoms with van der Waals surface area (Å²) >= 11 is 1.59. The fourth-order valence-corrected chi connectivity index (χ4v) is 3.47. The van der Waals surface area contributed by atoms with Crippen LogP contribution in [0.3, 0.4) is 0 Å². The van der Waals surface area contributed by atoms with Crippen LogP contribution in [0, 0.1) is 20.8 Å². The molecule has 23 heavy (non-hydrogen) atoms. The number of hydrogen-bond acceptors (Lipinski definition) is 2. The van der Waals surface area contributed by atoms with Crippen molar-refractivity contribution < 1.29 is 4.79 Å². The number of rotatable bonds is 5. The van der Waals surface area contributed by atoms with Crippen LogP contribution >= 0.6 is 11.8 Å². The minimum Gasteiger partial charge on any atom is -0.349 e. The molecule has 0 saturated carbocycles. The SMILES string of the molecule is Cc1ccc(S[C@H](C)C(=O)N[C@H](C)c2ccc(C)cc2C)cc1. The molecule has 0 saturated heterocycles. The number of amides is 1. The molecule has 0 aliphatic carbocycles. The third-order valence-electron chi connectivity index (χ3n) is 3.95. The van der Waals surface area contributed by atoms with Crippen molar-refractivity contribution in [3.05, 3.63) is 64.7 Å². The molecule has 0 aliphatic heterocycles. The van der Waals surface area contributed by atoms with Gasteiger partial charge in [-0.05, 0) is 57.9 Å². The highest BCUT2D eigenvalue weighted by atomic mass is 32.2. The number of aryl methyl sites for hydroxylation is 3. The van der Waals surface area contributed by atoms with E-state index in [9.17, 15) is 4.79 Å². The molecular weight excluding hydrogens is 302 g/mol. The van der Waals surface area contributed by atoms with Crippen LogP contribution in [-0.2, 0) is 4.79 Å². The smallest absolute Gasteiger partial charge is 0.233 e. The Morgan fingerprint density at radius 1 is 0.957 bits per heavy atom. The molecule has 122 valence electrons. The van der Waals surface area contributed by atoms with E-state index in [2.05, 4.69) is 68.6 Å². The molecular formula is C20H25NOS. The molecule has 0 heterocycles.